The van der Waals surface area contributed by atoms with Crippen molar-refractivity contribution in [3.8, 4) is 0 Å². The minimum absolute atomic E-state index is 0.686. The number of anilines is 1. The standard InChI is InChI=1S/C12H17ClN2/c1-15(2)8-9-5-10-6-11(13)3-4-12(10)14-7-9/h3-4,6,9,14H,5,7-8H2,1-2H3. The van der Waals surface area contributed by atoms with Crippen LogP contribution in [0.25, 0.3) is 0 Å². The Morgan fingerprint density at radius 2 is 2.27 bits per heavy atom. The number of nitrogens with one attached hydrogen (secondary N) is 1. The van der Waals surface area contributed by atoms with Crippen molar-refractivity contribution >= 4 is 17.3 Å². The van der Waals surface area contributed by atoms with Crippen molar-refractivity contribution in [2.75, 3.05) is 32.5 Å². The molecule has 0 amide bonds. The van der Waals surface area contributed by atoms with Crippen molar-refractivity contribution < 1.29 is 0 Å². The molecule has 0 saturated carbocycles. The molecule has 2 nitrogen and oxygen atoms in total. The van der Waals surface area contributed by atoms with Crippen LogP contribution in [0.2, 0.25) is 5.02 Å². The summed E-state index contributed by atoms with van der Waals surface area (Å²) in [5.74, 6) is 0.686. The van der Waals surface area contributed by atoms with Gasteiger partial charge in [-0.1, -0.05) is 11.6 Å². The molecule has 0 aromatic heterocycles. The highest BCUT2D eigenvalue weighted by molar-refractivity contribution is 6.30. The monoisotopic (exact) mass is 224 g/mol. The summed E-state index contributed by atoms with van der Waals surface area (Å²) in [5.41, 5.74) is 2.59. The Hall–Kier alpha value is -0.730. The molecule has 2 rings (SSSR count). The minimum Gasteiger partial charge on any atom is -0.384 e. The van der Waals surface area contributed by atoms with Gasteiger partial charge in [-0.05, 0) is 50.2 Å². The van der Waals surface area contributed by atoms with E-state index in [-0.39, 0.29) is 0 Å². The topological polar surface area (TPSA) is 15.3 Å². The van der Waals surface area contributed by atoms with Gasteiger partial charge in [-0.3, -0.25) is 0 Å². The molecule has 0 aliphatic carbocycles. The predicted molar refractivity (Wildman–Crippen MR) is 65.7 cm³/mol. The van der Waals surface area contributed by atoms with Crippen LogP contribution in [0.1, 0.15) is 5.56 Å². The fraction of sp³-hybridized carbons (Fsp3) is 0.500. The zero-order valence-electron chi connectivity index (χ0n) is 9.26. The van der Waals surface area contributed by atoms with E-state index in [0.717, 1.165) is 24.5 Å². The Labute approximate surface area is 96.2 Å². The summed E-state index contributed by atoms with van der Waals surface area (Å²) in [6.45, 7) is 2.19. The van der Waals surface area contributed by atoms with Gasteiger partial charge in [0.05, 0.1) is 0 Å². The van der Waals surface area contributed by atoms with Crippen molar-refractivity contribution in [2.45, 2.75) is 6.42 Å². The van der Waals surface area contributed by atoms with Gasteiger partial charge in [-0.2, -0.15) is 0 Å². The van der Waals surface area contributed by atoms with E-state index < -0.39 is 0 Å². The largest absolute Gasteiger partial charge is 0.384 e. The number of fused-ring (bicyclic) bond motifs is 1. The van der Waals surface area contributed by atoms with Crippen molar-refractivity contribution in [2.24, 2.45) is 5.92 Å². The average molecular weight is 225 g/mol. The molecular weight excluding hydrogens is 208 g/mol. The molecule has 0 spiro atoms. The Morgan fingerprint density at radius 1 is 1.47 bits per heavy atom. The normalized spacial score (nSPS) is 19.9. The average Bonchev–Trinajstić information content (AvgIpc) is 2.16. The molecule has 82 valence electrons. The van der Waals surface area contributed by atoms with Gasteiger partial charge < -0.3 is 10.2 Å². The van der Waals surface area contributed by atoms with Gasteiger partial charge in [-0.15, -0.1) is 0 Å². The summed E-state index contributed by atoms with van der Waals surface area (Å²) in [7, 11) is 4.24. The molecule has 1 N–H and O–H groups in total. The van der Waals surface area contributed by atoms with Crippen LogP contribution >= 0.6 is 11.6 Å². The Balaban J connectivity index is 2.11. The first kappa shape index (κ1) is 10.8. The lowest BCUT2D eigenvalue weighted by Gasteiger charge is -2.28. The number of rotatable bonds is 2. The van der Waals surface area contributed by atoms with E-state index in [0.29, 0.717) is 5.92 Å². The molecule has 1 aromatic carbocycles. The fourth-order valence-corrected chi connectivity index (χ4v) is 2.38. The molecule has 0 radical (unpaired) electrons. The maximum atomic E-state index is 5.99. The van der Waals surface area contributed by atoms with Crippen molar-refractivity contribution in [1.29, 1.82) is 0 Å². The third-order valence-corrected chi connectivity index (χ3v) is 3.02. The second kappa shape index (κ2) is 4.42. The van der Waals surface area contributed by atoms with E-state index in [1.165, 1.54) is 11.3 Å². The number of benzene rings is 1. The Morgan fingerprint density at radius 3 is 3.00 bits per heavy atom. The highest BCUT2D eigenvalue weighted by Crippen LogP contribution is 2.27. The number of nitrogens with zero attached hydrogens (tertiary/aromatic N) is 1. The molecule has 3 heteroatoms. The molecule has 15 heavy (non-hydrogen) atoms. The van der Waals surface area contributed by atoms with Gasteiger partial charge in [0.15, 0.2) is 0 Å². The van der Waals surface area contributed by atoms with E-state index in [1.54, 1.807) is 0 Å². The molecule has 0 fully saturated rings. The molecule has 1 aliphatic rings. The highest BCUT2D eigenvalue weighted by atomic mass is 35.5. The van der Waals surface area contributed by atoms with Crippen LogP contribution in [0.15, 0.2) is 18.2 Å². The van der Waals surface area contributed by atoms with Crippen LogP contribution in [-0.2, 0) is 6.42 Å². The first-order valence-electron chi connectivity index (χ1n) is 5.32. The fourth-order valence-electron chi connectivity index (χ4n) is 2.19. The molecule has 1 aromatic rings. The second-order valence-electron chi connectivity index (χ2n) is 4.51. The van der Waals surface area contributed by atoms with Gasteiger partial charge >= 0.3 is 0 Å². The summed E-state index contributed by atoms with van der Waals surface area (Å²) in [5, 5.41) is 4.29. The molecule has 1 atom stereocenters. The lowest BCUT2D eigenvalue weighted by atomic mass is 9.94. The highest BCUT2D eigenvalue weighted by Gasteiger charge is 2.18. The zero-order valence-corrected chi connectivity index (χ0v) is 10.0. The van der Waals surface area contributed by atoms with Crippen molar-refractivity contribution in [3.63, 3.8) is 0 Å². The maximum Gasteiger partial charge on any atom is 0.0410 e. The molecular formula is C12H17ClN2. The van der Waals surface area contributed by atoms with E-state index in [2.05, 4.69) is 36.4 Å². The second-order valence-corrected chi connectivity index (χ2v) is 4.95. The Bertz CT molecular complexity index is 349. The van der Waals surface area contributed by atoms with Gasteiger partial charge in [0, 0.05) is 23.8 Å². The minimum atomic E-state index is 0.686. The van der Waals surface area contributed by atoms with Crippen LogP contribution in [0.3, 0.4) is 0 Å². The lowest BCUT2D eigenvalue weighted by molar-refractivity contribution is 0.328. The number of hydrogen-bond acceptors (Lipinski definition) is 2. The molecule has 0 saturated heterocycles. The molecule has 1 unspecified atom stereocenters. The number of hydrogen-bond donors (Lipinski definition) is 1. The molecule has 1 aliphatic heterocycles. The third-order valence-electron chi connectivity index (χ3n) is 2.78. The van der Waals surface area contributed by atoms with Crippen LogP contribution in [0.4, 0.5) is 5.69 Å². The first-order chi connectivity index (χ1) is 7.15. The van der Waals surface area contributed by atoms with Gasteiger partial charge in [0.25, 0.3) is 0 Å². The van der Waals surface area contributed by atoms with E-state index in [1.807, 2.05) is 6.07 Å². The van der Waals surface area contributed by atoms with Crippen LogP contribution in [0.5, 0.6) is 0 Å². The summed E-state index contributed by atoms with van der Waals surface area (Å²) in [4.78, 5) is 2.24. The summed E-state index contributed by atoms with van der Waals surface area (Å²) >= 11 is 5.99. The number of halogens is 1. The lowest BCUT2D eigenvalue weighted by Crippen LogP contribution is -2.31. The van der Waals surface area contributed by atoms with Crippen molar-refractivity contribution in [1.82, 2.24) is 4.90 Å². The quantitative estimate of drug-likeness (QED) is 0.831. The Kier molecular flexibility index (Phi) is 3.17. The predicted octanol–water partition coefficient (Wildman–Crippen LogP) is 2.49. The smallest absolute Gasteiger partial charge is 0.0410 e. The summed E-state index contributed by atoms with van der Waals surface area (Å²) < 4.78 is 0. The van der Waals surface area contributed by atoms with E-state index in [9.17, 15) is 0 Å². The van der Waals surface area contributed by atoms with E-state index in [4.69, 9.17) is 11.6 Å². The van der Waals surface area contributed by atoms with Gasteiger partial charge in [-0.25, -0.2) is 0 Å². The van der Waals surface area contributed by atoms with Crippen molar-refractivity contribution in [3.05, 3.63) is 28.8 Å². The summed E-state index contributed by atoms with van der Waals surface area (Å²) in [6, 6.07) is 6.09. The van der Waals surface area contributed by atoms with Crippen LogP contribution < -0.4 is 5.32 Å². The first-order valence-corrected chi connectivity index (χ1v) is 5.70. The van der Waals surface area contributed by atoms with E-state index >= 15 is 0 Å². The van der Waals surface area contributed by atoms with Crippen LogP contribution in [-0.4, -0.2) is 32.1 Å². The SMILES string of the molecule is CN(C)CC1CNc2ccc(Cl)cc2C1. The van der Waals surface area contributed by atoms with Gasteiger partial charge in [0.1, 0.15) is 0 Å². The zero-order chi connectivity index (χ0) is 10.8. The van der Waals surface area contributed by atoms with Crippen LogP contribution in [0, 0.1) is 5.92 Å². The third kappa shape index (κ3) is 2.64. The molecule has 0 bridgehead atoms. The molecule has 1 heterocycles. The maximum absolute atomic E-state index is 5.99. The summed E-state index contributed by atoms with van der Waals surface area (Å²) in [6.07, 6.45) is 1.13. The van der Waals surface area contributed by atoms with Gasteiger partial charge in [0.2, 0.25) is 0 Å².